The van der Waals surface area contributed by atoms with Crippen molar-refractivity contribution in [3.05, 3.63) is 96.1 Å². The molecule has 1 aliphatic carbocycles. The molecular formula is C33H39N5O2S. The minimum Gasteiger partial charge on any atom is -0.378 e. The molecule has 8 heteroatoms. The summed E-state index contributed by atoms with van der Waals surface area (Å²) in [5.41, 5.74) is 2.97. The molecule has 1 atom stereocenters. The number of carbonyl (C=O) groups excluding carboxylic acids is 2. The molecule has 0 bridgehead atoms. The van der Waals surface area contributed by atoms with Crippen LogP contribution in [0.4, 0.5) is 11.4 Å². The molecule has 0 spiro atoms. The molecule has 1 heterocycles. The number of rotatable bonds is 9. The first-order chi connectivity index (χ1) is 19.9. The van der Waals surface area contributed by atoms with Gasteiger partial charge in [-0.15, -0.1) is 0 Å². The second-order valence-corrected chi connectivity index (χ2v) is 11.6. The van der Waals surface area contributed by atoms with E-state index in [1.54, 1.807) is 0 Å². The molecule has 3 aromatic carbocycles. The van der Waals surface area contributed by atoms with Crippen LogP contribution in [0.25, 0.3) is 0 Å². The van der Waals surface area contributed by atoms with Gasteiger partial charge in [-0.05, 0) is 60.5 Å². The number of thiocarbonyl (C=S) groups is 1. The van der Waals surface area contributed by atoms with Crippen molar-refractivity contribution in [1.29, 1.82) is 0 Å². The maximum atomic E-state index is 14.3. The Hall–Kier alpha value is -3.91. The highest BCUT2D eigenvalue weighted by molar-refractivity contribution is 7.80. The van der Waals surface area contributed by atoms with E-state index in [0.717, 1.165) is 41.8 Å². The SMILES string of the molecule is CN(C)c1ccc(NC(=O)C2(N(Cc3ccccc3)C(=O)CN3CC(c4ccccc4)NC3=S)CCCCC2)cc1. The number of nitrogens with one attached hydrogen (secondary N) is 2. The van der Waals surface area contributed by atoms with Crippen molar-refractivity contribution < 1.29 is 9.59 Å². The van der Waals surface area contributed by atoms with Gasteiger partial charge >= 0.3 is 0 Å². The van der Waals surface area contributed by atoms with E-state index in [1.165, 1.54) is 0 Å². The lowest BCUT2D eigenvalue weighted by atomic mass is 9.78. The van der Waals surface area contributed by atoms with Gasteiger partial charge in [0.1, 0.15) is 5.54 Å². The molecule has 0 aromatic heterocycles. The first-order valence-electron chi connectivity index (χ1n) is 14.4. The number of carbonyl (C=O) groups is 2. The quantitative estimate of drug-likeness (QED) is 0.339. The predicted octanol–water partition coefficient (Wildman–Crippen LogP) is 5.35. The second-order valence-electron chi connectivity index (χ2n) is 11.2. The fraction of sp³-hybridized carbons (Fsp3) is 0.364. The zero-order valence-electron chi connectivity index (χ0n) is 23.9. The van der Waals surface area contributed by atoms with Gasteiger partial charge in [-0.1, -0.05) is 79.9 Å². The van der Waals surface area contributed by atoms with Crippen LogP contribution in [0.5, 0.6) is 0 Å². The normalized spacial score (nSPS) is 18.0. The molecule has 3 aromatic rings. The third-order valence-electron chi connectivity index (χ3n) is 8.26. The fourth-order valence-corrected chi connectivity index (χ4v) is 6.22. The number of nitrogens with zero attached hydrogens (tertiary/aromatic N) is 3. The standard InChI is InChI=1S/C33H39N5O2S/c1-36(2)28-18-16-27(17-19-28)34-31(40)33(20-10-5-11-21-33)38(22-25-12-6-3-7-13-25)30(39)24-37-23-29(35-32(37)41)26-14-8-4-9-15-26/h3-4,6-9,12-19,29H,5,10-11,20-24H2,1-2H3,(H,34,40)(H,35,41). The van der Waals surface area contributed by atoms with Crippen molar-refractivity contribution in [1.82, 2.24) is 15.1 Å². The zero-order chi connectivity index (χ0) is 28.8. The van der Waals surface area contributed by atoms with E-state index >= 15 is 0 Å². The minimum atomic E-state index is -0.945. The first kappa shape index (κ1) is 28.6. The number of benzene rings is 3. The van der Waals surface area contributed by atoms with Crippen molar-refractivity contribution in [3.8, 4) is 0 Å². The Balaban J connectivity index is 1.41. The van der Waals surface area contributed by atoms with Gasteiger partial charge in [0.05, 0.1) is 12.6 Å². The number of hydrogen-bond acceptors (Lipinski definition) is 4. The Bertz CT molecular complexity index is 1340. The lowest BCUT2D eigenvalue weighted by Crippen LogP contribution is -2.61. The van der Waals surface area contributed by atoms with Gasteiger partial charge in [-0.2, -0.15) is 0 Å². The van der Waals surface area contributed by atoms with E-state index in [1.807, 2.05) is 102 Å². The fourth-order valence-electron chi connectivity index (χ4n) is 5.94. The summed E-state index contributed by atoms with van der Waals surface area (Å²) in [6.45, 7) is 1.09. The molecule has 41 heavy (non-hydrogen) atoms. The largest absolute Gasteiger partial charge is 0.378 e. The van der Waals surface area contributed by atoms with Crippen LogP contribution < -0.4 is 15.5 Å². The molecule has 2 amide bonds. The van der Waals surface area contributed by atoms with Crippen LogP contribution in [-0.4, -0.2) is 59.5 Å². The van der Waals surface area contributed by atoms with Crippen molar-refractivity contribution >= 4 is 40.5 Å². The third kappa shape index (κ3) is 6.54. The molecule has 1 aliphatic heterocycles. The van der Waals surface area contributed by atoms with Crippen LogP contribution in [-0.2, 0) is 16.1 Å². The van der Waals surface area contributed by atoms with E-state index in [2.05, 4.69) is 22.8 Å². The summed E-state index contributed by atoms with van der Waals surface area (Å²) in [7, 11) is 3.97. The highest BCUT2D eigenvalue weighted by atomic mass is 32.1. The van der Waals surface area contributed by atoms with Gasteiger partial charge < -0.3 is 25.3 Å². The highest BCUT2D eigenvalue weighted by Gasteiger charge is 2.47. The Labute approximate surface area is 248 Å². The summed E-state index contributed by atoms with van der Waals surface area (Å²) in [4.78, 5) is 34.3. The molecule has 7 nitrogen and oxygen atoms in total. The van der Waals surface area contributed by atoms with E-state index in [-0.39, 0.29) is 24.4 Å². The molecular weight excluding hydrogens is 530 g/mol. The van der Waals surface area contributed by atoms with E-state index in [0.29, 0.717) is 31.0 Å². The average molecular weight is 570 g/mol. The number of anilines is 2. The van der Waals surface area contributed by atoms with Crippen LogP contribution in [0.2, 0.25) is 0 Å². The van der Waals surface area contributed by atoms with Crippen molar-refractivity contribution in [2.24, 2.45) is 0 Å². The molecule has 2 fully saturated rings. The van der Waals surface area contributed by atoms with Crippen LogP contribution in [0.15, 0.2) is 84.9 Å². The molecule has 214 valence electrons. The maximum absolute atomic E-state index is 14.3. The highest BCUT2D eigenvalue weighted by Crippen LogP contribution is 2.37. The van der Waals surface area contributed by atoms with Crippen molar-refractivity contribution in [2.75, 3.05) is 37.4 Å². The van der Waals surface area contributed by atoms with Gasteiger partial charge in [0.2, 0.25) is 11.8 Å². The molecule has 5 rings (SSSR count). The molecule has 0 radical (unpaired) electrons. The lowest BCUT2D eigenvalue weighted by molar-refractivity contribution is -0.149. The number of amides is 2. The monoisotopic (exact) mass is 569 g/mol. The van der Waals surface area contributed by atoms with Gasteiger partial charge in [0.15, 0.2) is 5.11 Å². The van der Waals surface area contributed by atoms with Crippen molar-refractivity contribution in [3.63, 3.8) is 0 Å². The van der Waals surface area contributed by atoms with Crippen molar-refractivity contribution in [2.45, 2.75) is 50.2 Å². The van der Waals surface area contributed by atoms with E-state index in [9.17, 15) is 9.59 Å². The molecule has 1 saturated heterocycles. The Morgan fingerprint density at radius 1 is 0.927 bits per heavy atom. The third-order valence-corrected chi connectivity index (χ3v) is 8.64. The summed E-state index contributed by atoms with van der Waals surface area (Å²) in [6.07, 6.45) is 4.10. The van der Waals surface area contributed by atoms with E-state index < -0.39 is 5.54 Å². The predicted molar refractivity (Wildman–Crippen MR) is 169 cm³/mol. The molecule has 2 N–H and O–H groups in total. The van der Waals surface area contributed by atoms with E-state index in [4.69, 9.17) is 12.2 Å². The Morgan fingerprint density at radius 2 is 1.56 bits per heavy atom. The van der Waals surface area contributed by atoms with Crippen LogP contribution in [0, 0.1) is 0 Å². The molecule has 1 unspecified atom stereocenters. The molecule has 1 saturated carbocycles. The van der Waals surface area contributed by atoms with Gasteiger partial charge in [-0.25, -0.2) is 0 Å². The number of hydrogen-bond donors (Lipinski definition) is 2. The second kappa shape index (κ2) is 12.7. The smallest absolute Gasteiger partial charge is 0.250 e. The lowest BCUT2D eigenvalue weighted by Gasteiger charge is -2.45. The topological polar surface area (TPSA) is 67.9 Å². The summed E-state index contributed by atoms with van der Waals surface area (Å²) in [5, 5.41) is 7.11. The summed E-state index contributed by atoms with van der Waals surface area (Å²) < 4.78 is 0. The van der Waals surface area contributed by atoms with Crippen LogP contribution in [0.3, 0.4) is 0 Å². The maximum Gasteiger partial charge on any atom is 0.250 e. The summed E-state index contributed by atoms with van der Waals surface area (Å²) in [5.74, 6) is -0.213. The van der Waals surface area contributed by atoms with Gasteiger partial charge in [0.25, 0.3) is 0 Å². The first-order valence-corrected chi connectivity index (χ1v) is 14.8. The van der Waals surface area contributed by atoms with Crippen LogP contribution >= 0.6 is 12.2 Å². The average Bonchev–Trinajstić information content (AvgIpc) is 3.37. The zero-order valence-corrected chi connectivity index (χ0v) is 24.7. The summed E-state index contributed by atoms with van der Waals surface area (Å²) >= 11 is 5.66. The molecule has 2 aliphatic rings. The Morgan fingerprint density at radius 3 is 2.20 bits per heavy atom. The van der Waals surface area contributed by atoms with Gasteiger partial charge in [-0.3, -0.25) is 9.59 Å². The minimum absolute atomic E-state index is 0.0242. The summed E-state index contributed by atoms with van der Waals surface area (Å²) in [6, 6.07) is 27.9. The van der Waals surface area contributed by atoms with Crippen LogP contribution in [0.1, 0.15) is 49.3 Å². The Kier molecular flexibility index (Phi) is 8.88. The van der Waals surface area contributed by atoms with Gasteiger partial charge in [0, 0.05) is 38.6 Å².